The van der Waals surface area contributed by atoms with Gasteiger partial charge in [-0.2, -0.15) is 0 Å². The number of ketones is 1. The molecule has 0 aliphatic carbocycles. The third-order valence-corrected chi connectivity index (χ3v) is 6.34. The van der Waals surface area contributed by atoms with Crippen LogP contribution in [0.1, 0.15) is 49.1 Å². The molecule has 1 heterocycles. The number of aliphatic hydroxyl groups excluding tert-OH is 1. The molecule has 7 heteroatoms. The Morgan fingerprint density at radius 1 is 1.00 bits per heavy atom. The van der Waals surface area contributed by atoms with Gasteiger partial charge in [-0.3, -0.25) is 9.59 Å². The number of rotatable bonds is 9. The van der Waals surface area contributed by atoms with E-state index >= 15 is 0 Å². The SMILES string of the molecule is CCOc1ccc(/C(O)=C2/C(=O)C(=O)N(Cc3cccc(OC)c3)C2c2ccc(OC(C)C)cc2)cc1C. The molecule has 0 bridgehead atoms. The molecule has 0 aromatic heterocycles. The maximum Gasteiger partial charge on any atom is 0.295 e. The fraction of sp³-hybridized carbons (Fsp3) is 0.290. The maximum atomic E-state index is 13.4. The Kier molecular flexibility index (Phi) is 8.05. The van der Waals surface area contributed by atoms with Crippen molar-refractivity contribution < 1.29 is 28.9 Å². The third-order valence-electron chi connectivity index (χ3n) is 6.34. The average molecular weight is 516 g/mol. The lowest BCUT2D eigenvalue weighted by molar-refractivity contribution is -0.140. The summed E-state index contributed by atoms with van der Waals surface area (Å²) < 4.78 is 16.7. The summed E-state index contributed by atoms with van der Waals surface area (Å²) in [5.41, 5.74) is 2.78. The van der Waals surface area contributed by atoms with Crippen LogP contribution < -0.4 is 14.2 Å². The molecule has 4 rings (SSSR count). The molecule has 1 unspecified atom stereocenters. The van der Waals surface area contributed by atoms with E-state index < -0.39 is 17.7 Å². The number of aryl methyl sites for hydroxylation is 1. The highest BCUT2D eigenvalue weighted by Crippen LogP contribution is 2.41. The number of benzene rings is 3. The van der Waals surface area contributed by atoms with Gasteiger partial charge in [0.2, 0.25) is 0 Å². The number of Topliss-reactive ketones (excluding diaryl/α,β-unsaturated/α-hetero) is 1. The quantitative estimate of drug-likeness (QED) is 0.220. The Hall–Kier alpha value is -4.26. The van der Waals surface area contributed by atoms with Crippen LogP contribution in [0.5, 0.6) is 17.2 Å². The minimum atomic E-state index is -0.791. The smallest absolute Gasteiger partial charge is 0.295 e. The van der Waals surface area contributed by atoms with Crippen LogP contribution in [0.15, 0.2) is 72.3 Å². The molecule has 3 aromatic carbocycles. The van der Waals surface area contributed by atoms with Gasteiger partial charge in [0.05, 0.1) is 31.4 Å². The Labute approximate surface area is 223 Å². The highest BCUT2D eigenvalue weighted by molar-refractivity contribution is 6.46. The van der Waals surface area contributed by atoms with E-state index in [1.807, 2.05) is 76.2 Å². The van der Waals surface area contributed by atoms with Crippen molar-refractivity contribution in [2.24, 2.45) is 0 Å². The largest absolute Gasteiger partial charge is 0.507 e. The molecule has 3 aromatic rings. The molecule has 0 radical (unpaired) electrons. The van der Waals surface area contributed by atoms with Gasteiger partial charge in [0, 0.05) is 12.1 Å². The van der Waals surface area contributed by atoms with Crippen molar-refractivity contribution in [1.29, 1.82) is 0 Å². The van der Waals surface area contributed by atoms with E-state index in [2.05, 4.69) is 0 Å². The van der Waals surface area contributed by atoms with Crippen molar-refractivity contribution >= 4 is 17.4 Å². The van der Waals surface area contributed by atoms with Crippen LogP contribution in [-0.2, 0) is 16.1 Å². The molecule has 1 fully saturated rings. The number of nitrogens with zero attached hydrogens (tertiary/aromatic N) is 1. The second-order valence-electron chi connectivity index (χ2n) is 9.43. The maximum absolute atomic E-state index is 13.4. The lowest BCUT2D eigenvalue weighted by Gasteiger charge is -2.26. The molecule has 7 nitrogen and oxygen atoms in total. The summed E-state index contributed by atoms with van der Waals surface area (Å²) in [5, 5.41) is 11.4. The standard InChI is InChI=1S/C31H33NO6/c1-6-37-26-15-12-23(16-20(26)4)29(33)27-28(22-10-13-24(14-11-22)38-19(2)3)32(31(35)30(27)34)18-21-8-7-9-25(17-21)36-5/h7-17,19,28,33H,6,18H2,1-5H3/b29-27-. The molecular weight excluding hydrogens is 482 g/mol. The van der Waals surface area contributed by atoms with Crippen molar-refractivity contribution in [2.45, 2.75) is 46.4 Å². The van der Waals surface area contributed by atoms with Crippen LogP contribution in [0.3, 0.4) is 0 Å². The molecule has 1 atom stereocenters. The van der Waals surface area contributed by atoms with Crippen LogP contribution >= 0.6 is 0 Å². The minimum absolute atomic E-state index is 0.00226. The Balaban J connectivity index is 1.82. The van der Waals surface area contributed by atoms with E-state index in [1.165, 1.54) is 4.90 Å². The predicted octanol–water partition coefficient (Wildman–Crippen LogP) is 5.81. The van der Waals surface area contributed by atoms with Gasteiger partial charge in [0.15, 0.2) is 0 Å². The number of hydrogen-bond acceptors (Lipinski definition) is 6. The molecule has 1 amide bonds. The van der Waals surface area contributed by atoms with Crippen molar-refractivity contribution in [3.05, 3.63) is 94.6 Å². The number of carbonyl (C=O) groups is 2. The van der Waals surface area contributed by atoms with Gasteiger partial charge in [-0.25, -0.2) is 0 Å². The Bertz CT molecular complexity index is 1360. The van der Waals surface area contributed by atoms with Gasteiger partial charge in [0.25, 0.3) is 11.7 Å². The number of likely N-dealkylation sites (tertiary alicyclic amines) is 1. The summed E-state index contributed by atoms with van der Waals surface area (Å²) in [4.78, 5) is 28.3. The van der Waals surface area contributed by atoms with Gasteiger partial charge in [-0.1, -0.05) is 24.3 Å². The highest BCUT2D eigenvalue weighted by atomic mass is 16.5. The van der Waals surface area contributed by atoms with Gasteiger partial charge in [0.1, 0.15) is 23.0 Å². The average Bonchev–Trinajstić information content (AvgIpc) is 3.14. The van der Waals surface area contributed by atoms with E-state index in [9.17, 15) is 14.7 Å². The van der Waals surface area contributed by atoms with Crippen molar-refractivity contribution in [2.75, 3.05) is 13.7 Å². The van der Waals surface area contributed by atoms with E-state index in [0.29, 0.717) is 35.0 Å². The summed E-state index contributed by atoms with van der Waals surface area (Å²) >= 11 is 0. The summed E-state index contributed by atoms with van der Waals surface area (Å²) in [7, 11) is 1.57. The monoisotopic (exact) mass is 515 g/mol. The highest BCUT2D eigenvalue weighted by Gasteiger charge is 2.46. The molecule has 198 valence electrons. The van der Waals surface area contributed by atoms with Crippen molar-refractivity contribution in [3.8, 4) is 17.2 Å². The second-order valence-corrected chi connectivity index (χ2v) is 9.43. The van der Waals surface area contributed by atoms with Gasteiger partial charge in [-0.05, 0) is 86.8 Å². The summed E-state index contributed by atoms with van der Waals surface area (Å²) in [5.74, 6) is 0.385. The fourth-order valence-corrected chi connectivity index (χ4v) is 4.63. The van der Waals surface area contributed by atoms with Crippen LogP contribution in [0.2, 0.25) is 0 Å². The van der Waals surface area contributed by atoms with Crippen LogP contribution in [-0.4, -0.2) is 41.5 Å². The van der Waals surface area contributed by atoms with E-state index in [-0.39, 0.29) is 24.0 Å². The number of aliphatic hydroxyl groups is 1. The first kappa shape index (κ1) is 26.8. The number of carbonyl (C=O) groups excluding carboxylic acids is 2. The minimum Gasteiger partial charge on any atom is -0.507 e. The summed E-state index contributed by atoms with van der Waals surface area (Å²) in [6.07, 6.45) is 0.00226. The number of hydrogen-bond donors (Lipinski definition) is 1. The van der Waals surface area contributed by atoms with Crippen molar-refractivity contribution in [3.63, 3.8) is 0 Å². The first-order chi connectivity index (χ1) is 18.2. The molecular formula is C31H33NO6. The molecule has 1 aliphatic heterocycles. The van der Waals surface area contributed by atoms with Gasteiger partial charge in [-0.15, -0.1) is 0 Å². The molecule has 0 saturated carbocycles. The van der Waals surface area contributed by atoms with Crippen LogP contribution in [0.25, 0.3) is 5.76 Å². The van der Waals surface area contributed by atoms with Crippen molar-refractivity contribution in [1.82, 2.24) is 4.90 Å². The fourth-order valence-electron chi connectivity index (χ4n) is 4.63. The first-order valence-corrected chi connectivity index (χ1v) is 12.6. The predicted molar refractivity (Wildman–Crippen MR) is 145 cm³/mol. The lowest BCUT2D eigenvalue weighted by Crippen LogP contribution is -2.29. The van der Waals surface area contributed by atoms with E-state index in [4.69, 9.17) is 14.2 Å². The zero-order chi connectivity index (χ0) is 27.4. The summed E-state index contributed by atoms with van der Waals surface area (Å²) in [6.45, 7) is 8.32. The van der Waals surface area contributed by atoms with Crippen LogP contribution in [0.4, 0.5) is 0 Å². The van der Waals surface area contributed by atoms with Crippen LogP contribution in [0, 0.1) is 6.92 Å². The summed E-state index contributed by atoms with van der Waals surface area (Å²) in [6, 6.07) is 19.0. The molecule has 1 N–H and O–H groups in total. The Morgan fingerprint density at radius 2 is 1.74 bits per heavy atom. The number of ether oxygens (including phenoxy) is 3. The van der Waals surface area contributed by atoms with Gasteiger partial charge >= 0.3 is 0 Å². The molecule has 1 aliphatic rings. The number of methoxy groups -OCH3 is 1. The van der Waals surface area contributed by atoms with E-state index in [0.717, 1.165) is 11.1 Å². The van der Waals surface area contributed by atoms with E-state index in [1.54, 1.807) is 25.3 Å². The zero-order valence-electron chi connectivity index (χ0n) is 22.4. The Morgan fingerprint density at radius 3 is 2.37 bits per heavy atom. The third kappa shape index (κ3) is 5.52. The zero-order valence-corrected chi connectivity index (χ0v) is 22.4. The topological polar surface area (TPSA) is 85.3 Å². The number of amides is 1. The first-order valence-electron chi connectivity index (χ1n) is 12.6. The normalized spacial score (nSPS) is 16.7. The lowest BCUT2D eigenvalue weighted by atomic mass is 9.94. The molecule has 38 heavy (non-hydrogen) atoms. The molecule has 1 saturated heterocycles. The second kappa shape index (κ2) is 11.4. The van der Waals surface area contributed by atoms with Gasteiger partial charge < -0.3 is 24.2 Å². The molecule has 0 spiro atoms.